The van der Waals surface area contributed by atoms with E-state index in [0.717, 1.165) is 25.8 Å². The average Bonchev–Trinajstić information content (AvgIpc) is 2.37. The van der Waals surface area contributed by atoms with Gasteiger partial charge in [0.15, 0.2) is 0 Å². The lowest BCUT2D eigenvalue weighted by atomic mass is 9.85. The van der Waals surface area contributed by atoms with Gasteiger partial charge in [0.2, 0.25) is 0 Å². The highest BCUT2D eigenvalue weighted by Gasteiger charge is 2.28. The van der Waals surface area contributed by atoms with E-state index < -0.39 is 5.97 Å². The molecular weight excluding hydrogens is 256 g/mol. The first kappa shape index (κ1) is 16.8. The van der Waals surface area contributed by atoms with E-state index in [0.29, 0.717) is 24.9 Å². The van der Waals surface area contributed by atoms with E-state index in [-0.39, 0.29) is 18.4 Å². The van der Waals surface area contributed by atoms with Crippen LogP contribution in [-0.4, -0.2) is 41.6 Å². The summed E-state index contributed by atoms with van der Waals surface area (Å²) >= 11 is 0. The molecule has 20 heavy (non-hydrogen) atoms. The maximum atomic E-state index is 12.1. The number of urea groups is 1. The molecule has 0 aliphatic carbocycles. The molecule has 0 aromatic heterocycles. The van der Waals surface area contributed by atoms with Crippen LogP contribution in [0, 0.1) is 17.8 Å². The molecule has 2 unspecified atom stereocenters. The lowest BCUT2D eigenvalue weighted by Gasteiger charge is -2.35. The summed E-state index contributed by atoms with van der Waals surface area (Å²) in [5.74, 6) is 0.255. The number of piperidine rings is 1. The highest BCUT2D eigenvalue weighted by atomic mass is 16.4. The fourth-order valence-electron chi connectivity index (χ4n) is 2.68. The maximum absolute atomic E-state index is 12.1. The average molecular weight is 284 g/mol. The van der Waals surface area contributed by atoms with E-state index in [1.807, 2.05) is 11.8 Å². The second-order valence-corrected chi connectivity index (χ2v) is 6.34. The minimum absolute atomic E-state index is 0.00197. The van der Waals surface area contributed by atoms with E-state index in [1.165, 1.54) is 0 Å². The standard InChI is InChI=1S/C15H28N2O3/c1-11(2)6-7-16-15(20)17-8-4-5-13(10-17)12(3)9-14(18)19/h11-13H,4-10H2,1-3H3,(H,16,20)(H,18,19). The van der Waals surface area contributed by atoms with Gasteiger partial charge in [0, 0.05) is 26.1 Å². The van der Waals surface area contributed by atoms with Crippen molar-refractivity contribution in [1.82, 2.24) is 10.2 Å². The van der Waals surface area contributed by atoms with Gasteiger partial charge in [-0.25, -0.2) is 4.79 Å². The number of carbonyl (C=O) groups is 2. The number of aliphatic carboxylic acids is 1. The maximum Gasteiger partial charge on any atom is 0.317 e. The lowest BCUT2D eigenvalue weighted by molar-refractivity contribution is -0.138. The van der Waals surface area contributed by atoms with Gasteiger partial charge in [-0.05, 0) is 37.0 Å². The Kier molecular flexibility index (Phi) is 6.82. The summed E-state index contributed by atoms with van der Waals surface area (Å²) in [7, 11) is 0. The fraction of sp³-hybridized carbons (Fsp3) is 0.867. The Morgan fingerprint density at radius 3 is 2.65 bits per heavy atom. The third kappa shape index (κ3) is 5.80. The van der Waals surface area contributed by atoms with Gasteiger partial charge in [0.05, 0.1) is 0 Å². The Hall–Kier alpha value is -1.26. The van der Waals surface area contributed by atoms with Gasteiger partial charge in [0.1, 0.15) is 0 Å². The van der Waals surface area contributed by atoms with Crippen molar-refractivity contribution in [3.8, 4) is 0 Å². The molecule has 0 bridgehead atoms. The second-order valence-electron chi connectivity index (χ2n) is 6.34. The first-order chi connectivity index (χ1) is 9.40. The minimum atomic E-state index is -0.754. The molecule has 1 heterocycles. The summed E-state index contributed by atoms with van der Waals surface area (Å²) in [6.07, 6.45) is 3.16. The van der Waals surface area contributed by atoms with Crippen LogP contribution in [0.4, 0.5) is 4.79 Å². The number of rotatable bonds is 6. The highest BCUT2D eigenvalue weighted by molar-refractivity contribution is 5.74. The first-order valence-electron chi connectivity index (χ1n) is 7.64. The molecule has 2 amide bonds. The summed E-state index contributed by atoms with van der Waals surface area (Å²) < 4.78 is 0. The SMILES string of the molecule is CC(C)CCNC(=O)N1CCCC(C(C)CC(=O)O)C1. The van der Waals surface area contributed by atoms with Crippen LogP contribution in [-0.2, 0) is 4.79 Å². The molecule has 1 saturated heterocycles. The minimum Gasteiger partial charge on any atom is -0.481 e. The summed E-state index contributed by atoms with van der Waals surface area (Å²) in [6, 6.07) is -0.00197. The van der Waals surface area contributed by atoms with E-state index in [9.17, 15) is 9.59 Å². The van der Waals surface area contributed by atoms with Crippen LogP contribution < -0.4 is 5.32 Å². The summed E-state index contributed by atoms with van der Waals surface area (Å²) in [6.45, 7) is 8.42. The van der Waals surface area contributed by atoms with Gasteiger partial charge in [0.25, 0.3) is 0 Å². The van der Waals surface area contributed by atoms with Crippen molar-refractivity contribution in [1.29, 1.82) is 0 Å². The number of carbonyl (C=O) groups excluding carboxylic acids is 1. The quantitative estimate of drug-likeness (QED) is 0.787. The van der Waals surface area contributed by atoms with Crippen LogP contribution >= 0.6 is 0 Å². The van der Waals surface area contributed by atoms with Crippen LogP contribution in [0.25, 0.3) is 0 Å². The molecule has 0 spiro atoms. The zero-order valence-corrected chi connectivity index (χ0v) is 12.9. The zero-order chi connectivity index (χ0) is 15.1. The first-order valence-corrected chi connectivity index (χ1v) is 7.64. The molecule has 0 aromatic carbocycles. The number of nitrogens with zero attached hydrogens (tertiary/aromatic N) is 1. The molecule has 5 nitrogen and oxygen atoms in total. The topological polar surface area (TPSA) is 69.6 Å². The second kappa shape index (κ2) is 8.12. The zero-order valence-electron chi connectivity index (χ0n) is 12.9. The monoisotopic (exact) mass is 284 g/mol. The lowest BCUT2D eigenvalue weighted by Crippen LogP contribution is -2.47. The molecule has 1 fully saturated rings. The Labute approximate surface area is 121 Å². The number of nitrogens with one attached hydrogen (secondary N) is 1. The molecule has 116 valence electrons. The fourth-order valence-corrected chi connectivity index (χ4v) is 2.68. The normalized spacial score (nSPS) is 20.8. The van der Waals surface area contributed by atoms with Crippen molar-refractivity contribution in [2.24, 2.45) is 17.8 Å². The Balaban J connectivity index is 2.39. The third-order valence-electron chi connectivity index (χ3n) is 4.04. The number of amides is 2. The molecule has 2 N–H and O–H groups in total. The molecule has 0 aromatic rings. The number of hydrogen-bond donors (Lipinski definition) is 2. The van der Waals surface area contributed by atoms with Crippen LogP contribution in [0.1, 0.15) is 46.5 Å². The van der Waals surface area contributed by atoms with Gasteiger partial charge >= 0.3 is 12.0 Å². The molecule has 1 aliphatic rings. The molecule has 0 saturated carbocycles. The number of carboxylic acids is 1. The summed E-state index contributed by atoms with van der Waals surface area (Å²) in [5.41, 5.74) is 0. The smallest absolute Gasteiger partial charge is 0.317 e. The Bertz CT molecular complexity index is 331. The van der Waals surface area contributed by atoms with Crippen molar-refractivity contribution in [2.45, 2.75) is 46.5 Å². The van der Waals surface area contributed by atoms with E-state index >= 15 is 0 Å². The van der Waals surface area contributed by atoms with E-state index in [2.05, 4.69) is 19.2 Å². The number of likely N-dealkylation sites (tertiary alicyclic amines) is 1. The van der Waals surface area contributed by atoms with E-state index in [4.69, 9.17) is 5.11 Å². The number of hydrogen-bond acceptors (Lipinski definition) is 2. The van der Waals surface area contributed by atoms with Crippen molar-refractivity contribution in [3.63, 3.8) is 0 Å². The molecule has 0 radical (unpaired) electrons. The van der Waals surface area contributed by atoms with Gasteiger partial charge in [-0.3, -0.25) is 4.79 Å². The van der Waals surface area contributed by atoms with Gasteiger partial charge in [-0.2, -0.15) is 0 Å². The predicted molar refractivity (Wildman–Crippen MR) is 78.6 cm³/mol. The van der Waals surface area contributed by atoms with Gasteiger partial charge in [-0.1, -0.05) is 20.8 Å². The summed E-state index contributed by atoms with van der Waals surface area (Å²) in [4.78, 5) is 24.7. The number of carboxylic acid groups (broad SMARTS) is 1. The predicted octanol–water partition coefficient (Wildman–Crippen LogP) is 2.56. The van der Waals surface area contributed by atoms with Crippen molar-refractivity contribution in [2.75, 3.05) is 19.6 Å². The molecule has 2 atom stereocenters. The van der Waals surface area contributed by atoms with Crippen LogP contribution in [0.5, 0.6) is 0 Å². The molecule has 5 heteroatoms. The van der Waals surface area contributed by atoms with Crippen LogP contribution in [0.3, 0.4) is 0 Å². The molecule has 1 rings (SSSR count). The van der Waals surface area contributed by atoms with E-state index in [1.54, 1.807) is 0 Å². The van der Waals surface area contributed by atoms with Crippen molar-refractivity contribution >= 4 is 12.0 Å². The Morgan fingerprint density at radius 1 is 1.35 bits per heavy atom. The van der Waals surface area contributed by atoms with Gasteiger partial charge in [-0.15, -0.1) is 0 Å². The Morgan fingerprint density at radius 2 is 2.05 bits per heavy atom. The van der Waals surface area contributed by atoms with Gasteiger partial charge < -0.3 is 15.3 Å². The highest BCUT2D eigenvalue weighted by Crippen LogP contribution is 2.26. The molecule has 1 aliphatic heterocycles. The van der Waals surface area contributed by atoms with Crippen molar-refractivity contribution in [3.05, 3.63) is 0 Å². The van der Waals surface area contributed by atoms with Crippen molar-refractivity contribution < 1.29 is 14.7 Å². The van der Waals surface area contributed by atoms with Crippen LogP contribution in [0.15, 0.2) is 0 Å². The summed E-state index contributed by atoms with van der Waals surface area (Å²) in [5, 5.41) is 11.8. The molecular formula is C15H28N2O3. The van der Waals surface area contributed by atoms with Crippen LogP contribution in [0.2, 0.25) is 0 Å². The largest absolute Gasteiger partial charge is 0.481 e. The third-order valence-corrected chi connectivity index (χ3v) is 4.04.